The quantitative estimate of drug-likeness (QED) is 0.856. The molecule has 3 nitrogen and oxygen atoms in total. The normalized spacial score (nSPS) is 10.1. The van der Waals surface area contributed by atoms with Crippen molar-refractivity contribution in [2.24, 2.45) is 0 Å². The third-order valence-electron chi connectivity index (χ3n) is 1.54. The highest BCUT2D eigenvalue weighted by atomic mass is 35.5. The van der Waals surface area contributed by atoms with Gasteiger partial charge in [-0.1, -0.05) is 35.1 Å². The summed E-state index contributed by atoms with van der Waals surface area (Å²) in [6, 6.07) is 7.22. The molecule has 72 valence electrons. The lowest BCUT2D eigenvalue weighted by Crippen LogP contribution is -1.82. The van der Waals surface area contributed by atoms with Crippen LogP contribution in [0.3, 0.4) is 0 Å². The summed E-state index contributed by atoms with van der Waals surface area (Å²) in [6.07, 6.45) is 1.55. The zero-order chi connectivity index (χ0) is 9.97. The first kappa shape index (κ1) is 9.30. The molecular formula is C9H7ClN2OS. The molecule has 0 saturated heterocycles. The number of nitrogens with two attached hydrogens (primary N) is 1. The summed E-state index contributed by atoms with van der Waals surface area (Å²) in [5, 5.41) is 1.67. The van der Waals surface area contributed by atoms with Crippen LogP contribution in [0, 0.1) is 0 Å². The monoisotopic (exact) mass is 226 g/mol. The van der Waals surface area contributed by atoms with E-state index in [1.165, 1.54) is 11.3 Å². The van der Waals surface area contributed by atoms with E-state index in [1.54, 1.807) is 18.3 Å². The lowest BCUT2D eigenvalue weighted by Gasteiger charge is -2.02. The van der Waals surface area contributed by atoms with Crippen molar-refractivity contribution in [3.05, 3.63) is 35.5 Å². The third kappa shape index (κ3) is 1.97. The molecular weight excluding hydrogens is 220 g/mol. The topological polar surface area (TPSA) is 48.1 Å². The number of nitrogens with zero attached hydrogens (tertiary/aromatic N) is 1. The van der Waals surface area contributed by atoms with Crippen molar-refractivity contribution in [1.82, 2.24) is 4.98 Å². The Balaban J connectivity index is 2.23. The molecule has 0 radical (unpaired) electrons. The second kappa shape index (κ2) is 3.86. The summed E-state index contributed by atoms with van der Waals surface area (Å²) >= 11 is 7.18. The number of benzene rings is 1. The van der Waals surface area contributed by atoms with Crippen molar-refractivity contribution >= 4 is 27.9 Å². The summed E-state index contributed by atoms with van der Waals surface area (Å²) in [6.45, 7) is 0. The molecule has 5 heteroatoms. The van der Waals surface area contributed by atoms with Crippen LogP contribution in [-0.4, -0.2) is 4.98 Å². The van der Waals surface area contributed by atoms with E-state index in [4.69, 9.17) is 22.1 Å². The van der Waals surface area contributed by atoms with Crippen molar-refractivity contribution in [2.45, 2.75) is 0 Å². The number of anilines is 1. The molecule has 0 aliphatic rings. The molecule has 14 heavy (non-hydrogen) atoms. The lowest BCUT2D eigenvalue weighted by molar-refractivity contribution is 0.479. The maximum atomic E-state index is 5.90. The Morgan fingerprint density at radius 1 is 1.36 bits per heavy atom. The van der Waals surface area contributed by atoms with Gasteiger partial charge >= 0.3 is 0 Å². The highest BCUT2D eigenvalue weighted by molar-refractivity contribution is 7.17. The van der Waals surface area contributed by atoms with E-state index in [-0.39, 0.29) is 0 Å². The van der Waals surface area contributed by atoms with Gasteiger partial charge < -0.3 is 10.5 Å². The van der Waals surface area contributed by atoms with E-state index in [1.807, 2.05) is 12.1 Å². The van der Waals surface area contributed by atoms with E-state index < -0.39 is 0 Å². The van der Waals surface area contributed by atoms with Gasteiger partial charge in [0.2, 0.25) is 0 Å². The van der Waals surface area contributed by atoms with Crippen molar-refractivity contribution in [3.63, 3.8) is 0 Å². The number of hydrogen-bond donors (Lipinski definition) is 1. The van der Waals surface area contributed by atoms with Gasteiger partial charge in [0.15, 0.2) is 0 Å². The average Bonchev–Trinajstić information content (AvgIpc) is 2.56. The van der Waals surface area contributed by atoms with Crippen LogP contribution in [0.4, 0.5) is 5.00 Å². The lowest BCUT2D eigenvalue weighted by atomic mass is 10.3. The number of rotatable bonds is 2. The molecule has 0 aliphatic heterocycles. The first-order valence-electron chi connectivity index (χ1n) is 3.89. The number of thiazole rings is 1. The summed E-state index contributed by atoms with van der Waals surface area (Å²) in [5.41, 5.74) is 5.51. The van der Waals surface area contributed by atoms with Crippen LogP contribution in [0.2, 0.25) is 5.02 Å². The predicted molar refractivity (Wildman–Crippen MR) is 58.1 cm³/mol. The van der Waals surface area contributed by atoms with E-state index in [0.717, 1.165) is 0 Å². The summed E-state index contributed by atoms with van der Waals surface area (Å²) in [5.74, 6) is 0.587. The minimum Gasteiger partial charge on any atom is -0.429 e. The molecule has 2 N–H and O–H groups in total. The molecule has 1 heterocycles. The number of halogens is 1. The first-order valence-corrected chi connectivity index (χ1v) is 5.09. The molecule has 0 atom stereocenters. The number of hydrogen-bond acceptors (Lipinski definition) is 4. The van der Waals surface area contributed by atoms with Crippen LogP contribution in [0.5, 0.6) is 10.9 Å². The number of nitrogen functional groups attached to an aromatic ring is 1. The fourth-order valence-corrected chi connectivity index (χ4v) is 1.66. The van der Waals surface area contributed by atoms with E-state index in [2.05, 4.69) is 4.98 Å². The summed E-state index contributed by atoms with van der Waals surface area (Å²) < 4.78 is 5.43. The number of para-hydroxylation sites is 1. The van der Waals surface area contributed by atoms with Crippen LogP contribution in [-0.2, 0) is 0 Å². The van der Waals surface area contributed by atoms with Crippen molar-refractivity contribution in [3.8, 4) is 10.9 Å². The van der Waals surface area contributed by atoms with Crippen LogP contribution in [0.1, 0.15) is 0 Å². The Labute approximate surface area is 90.1 Å². The molecule has 0 spiro atoms. The smallest absolute Gasteiger partial charge is 0.280 e. The molecule has 1 aromatic heterocycles. The number of aromatic nitrogens is 1. The van der Waals surface area contributed by atoms with E-state index in [9.17, 15) is 0 Å². The maximum absolute atomic E-state index is 5.90. The van der Waals surface area contributed by atoms with Gasteiger partial charge in [-0.2, -0.15) is 0 Å². The molecule has 0 amide bonds. The van der Waals surface area contributed by atoms with E-state index >= 15 is 0 Å². The molecule has 0 bridgehead atoms. The van der Waals surface area contributed by atoms with Gasteiger partial charge in [0.1, 0.15) is 10.8 Å². The molecule has 0 fully saturated rings. The second-order valence-electron chi connectivity index (χ2n) is 2.56. The average molecular weight is 227 g/mol. The van der Waals surface area contributed by atoms with Gasteiger partial charge in [-0.15, -0.1) is 0 Å². The molecule has 2 aromatic rings. The van der Waals surface area contributed by atoms with Crippen LogP contribution >= 0.6 is 22.9 Å². The Bertz CT molecular complexity index is 444. The fourth-order valence-electron chi connectivity index (χ4n) is 0.939. The second-order valence-corrected chi connectivity index (χ2v) is 3.99. The largest absolute Gasteiger partial charge is 0.429 e. The Hall–Kier alpha value is -1.26. The predicted octanol–water partition coefficient (Wildman–Crippen LogP) is 3.17. The maximum Gasteiger partial charge on any atom is 0.280 e. The van der Waals surface area contributed by atoms with Crippen LogP contribution in [0.15, 0.2) is 30.5 Å². The summed E-state index contributed by atoms with van der Waals surface area (Å²) in [7, 11) is 0. The standard InChI is InChI=1S/C9H7ClN2OS/c10-6-3-1-2-4-7(6)13-9-12-5-8(11)14-9/h1-5H,11H2. The van der Waals surface area contributed by atoms with Gasteiger partial charge in [-0.05, 0) is 12.1 Å². The van der Waals surface area contributed by atoms with Crippen molar-refractivity contribution < 1.29 is 4.74 Å². The number of ether oxygens (including phenoxy) is 1. The van der Waals surface area contributed by atoms with Gasteiger partial charge in [0.25, 0.3) is 5.19 Å². The third-order valence-corrected chi connectivity index (χ3v) is 2.55. The first-order chi connectivity index (χ1) is 6.75. The molecule has 1 aromatic carbocycles. The van der Waals surface area contributed by atoms with Crippen molar-refractivity contribution in [2.75, 3.05) is 5.73 Å². The SMILES string of the molecule is Nc1cnc(Oc2ccccc2Cl)s1. The molecule has 0 unspecified atom stereocenters. The highest BCUT2D eigenvalue weighted by Gasteiger charge is 2.04. The Morgan fingerprint density at radius 3 is 2.79 bits per heavy atom. The molecule has 2 rings (SSSR count). The van der Waals surface area contributed by atoms with E-state index in [0.29, 0.717) is 21.0 Å². The fraction of sp³-hybridized carbons (Fsp3) is 0. The van der Waals surface area contributed by atoms with Crippen molar-refractivity contribution in [1.29, 1.82) is 0 Å². The Morgan fingerprint density at radius 2 is 2.14 bits per heavy atom. The minimum absolute atomic E-state index is 0.496. The van der Waals surface area contributed by atoms with Gasteiger partial charge in [-0.3, -0.25) is 0 Å². The summed E-state index contributed by atoms with van der Waals surface area (Å²) in [4.78, 5) is 3.96. The van der Waals surface area contributed by atoms with Gasteiger partial charge in [-0.25, -0.2) is 4.98 Å². The highest BCUT2D eigenvalue weighted by Crippen LogP contribution is 2.31. The van der Waals surface area contributed by atoms with Crippen LogP contribution < -0.4 is 10.5 Å². The minimum atomic E-state index is 0.496. The zero-order valence-electron chi connectivity index (χ0n) is 7.11. The molecule has 0 aliphatic carbocycles. The Kier molecular flexibility index (Phi) is 2.56. The van der Waals surface area contributed by atoms with Gasteiger partial charge in [0.05, 0.1) is 11.2 Å². The van der Waals surface area contributed by atoms with Gasteiger partial charge in [0, 0.05) is 0 Å². The molecule has 0 saturated carbocycles. The van der Waals surface area contributed by atoms with Crippen LogP contribution in [0.25, 0.3) is 0 Å². The zero-order valence-corrected chi connectivity index (χ0v) is 8.68.